The fourth-order valence-corrected chi connectivity index (χ4v) is 2.51. The van der Waals surface area contributed by atoms with Crippen molar-refractivity contribution >= 4 is 33.4 Å². The van der Waals surface area contributed by atoms with Gasteiger partial charge in [0, 0.05) is 17.6 Å². The maximum absolute atomic E-state index is 12.2. The first kappa shape index (κ1) is 20.6. The van der Waals surface area contributed by atoms with Crippen molar-refractivity contribution in [2.24, 2.45) is 0 Å². The largest absolute Gasteiger partial charge is 0.465 e. The fourth-order valence-electron chi connectivity index (χ4n) is 2.03. The molecular weight excluding hydrogens is 386 g/mol. The molecule has 0 saturated carbocycles. The Balaban J connectivity index is 2.06. The van der Waals surface area contributed by atoms with Gasteiger partial charge in [-0.3, -0.25) is 9.35 Å². The molecule has 3 N–H and O–H groups in total. The van der Waals surface area contributed by atoms with Crippen LogP contribution >= 0.6 is 0 Å². The number of nitrogens with one attached hydrogen (secondary N) is 2. The SMILES string of the molecule is COC(=O)c1ccc(N/C=C(/C#N)C(=O)Nc2ccc(S(=O)(=O)O)cc2)cc1. The van der Waals surface area contributed by atoms with E-state index in [0.717, 1.165) is 12.1 Å². The van der Waals surface area contributed by atoms with Crippen LogP contribution in [0.2, 0.25) is 0 Å². The van der Waals surface area contributed by atoms with Gasteiger partial charge in [-0.15, -0.1) is 0 Å². The first-order valence-electron chi connectivity index (χ1n) is 7.68. The molecule has 2 aromatic carbocycles. The molecule has 9 nitrogen and oxygen atoms in total. The molecule has 0 aliphatic heterocycles. The average molecular weight is 401 g/mol. The van der Waals surface area contributed by atoms with Gasteiger partial charge in [0.05, 0.1) is 17.6 Å². The Hall–Kier alpha value is -3.68. The van der Waals surface area contributed by atoms with E-state index in [-0.39, 0.29) is 16.2 Å². The molecule has 28 heavy (non-hydrogen) atoms. The molecule has 0 aliphatic rings. The van der Waals surface area contributed by atoms with E-state index in [2.05, 4.69) is 15.4 Å². The molecule has 144 valence electrons. The first-order valence-corrected chi connectivity index (χ1v) is 9.12. The number of hydrogen-bond donors (Lipinski definition) is 3. The third-order valence-corrected chi connectivity index (χ3v) is 4.33. The van der Waals surface area contributed by atoms with Crippen molar-refractivity contribution in [3.8, 4) is 6.07 Å². The maximum Gasteiger partial charge on any atom is 0.337 e. The van der Waals surface area contributed by atoms with Crippen LogP contribution in [0.4, 0.5) is 11.4 Å². The number of amides is 1. The Morgan fingerprint density at radius 2 is 1.64 bits per heavy atom. The van der Waals surface area contributed by atoms with Crippen LogP contribution in [0.3, 0.4) is 0 Å². The summed E-state index contributed by atoms with van der Waals surface area (Å²) < 4.78 is 35.5. The zero-order valence-electron chi connectivity index (χ0n) is 14.5. The third-order valence-electron chi connectivity index (χ3n) is 3.46. The quantitative estimate of drug-likeness (QED) is 0.289. The third kappa shape index (κ3) is 5.41. The molecule has 2 rings (SSSR count). The molecule has 10 heteroatoms. The smallest absolute Gasteiger partial charge is 0.337 e. The average Bonchev–Trinajstić information content (AvgIpc) is 2.68. The standard InChI is InChI=1S/C18H15N3O6S/c1-27-18(23)12-2-4-14(5-3-12)20-11-13(10-19)17(22)21-15-6-8-16(9-7-15)28(24,25)26/h2-9,11,20H,1H3,(H,21,22)(H,24,25,26)/b13-11-. The summed E-state index contributed by atoms with van der Waals surface area (Å²) in [5.74, 6) is -1.21. The Bertz CT molecular complexity index is 1050. The van der Waals surface area contributed by atoms with Crippen LogP contribution in [0.5, 0.6) is 0 Å². The van der Waals surface area contributed by atoms with Crippen LogP contribution in [-0.4, -0.2) is 32.0 Å². The molecule has 0 saturated heterocycles. The highest BCUT2D eigenvalue weighted by molar-refractivity contribution is 7.85. The Morgan fingerprint density at radius 1 is 1.07 bits per heavy atom. The minimum Gasteiger partial charge on any atom is -0.465 e. The van der Waals surface area contributed by atoms with E-state index >= 15 is 0 Å². The van der Waals surface area contributed by atoms with Crippen LogP contribution in [-0.2, 0) is 19.6 Å². The van der Waals surface area contributed by atoms with Crippen molar-refractivity contribution in [3.05, 3.63) is 65.9 Å². The van der Waals surface area contributed by atoms with Crippen LogP contribution in [0.1, 0.15) is 10.4 Å². The van der Waals surface area contributed by atoms with Crippen LogP contribution in [0.15, 0.2) is 65.2 Å². The van der Waals surface area contributed by atoms with Gasteiger partial charge in [0.15, 0.2) is 0 Å². The number of hydrogen-bond acceptors (Lipinski definition) is 7. The molecule has 0 atom stereocenters. The summed E-state index contributed by atoms with van der Waals surface area (Å²) in [5.41, 5.74) is 0.881. The van der Waals surface area contributed by atoms with Crippen molar-refractivity contribution in [3.63, 3.8) is 0 Å². The van der Waals surface area contributed by atoms with Gasteiger partial charge in [-0.05, 0) is 48.5 Å². The number of carbonyl (C=O) groups is 2. The number of nitriles is 1. The molecule has 1 amide bonds. The predicted molar refractivity (Wildman–Crippen MR) is 100.0 cm³/mol. The van der Waals surface area contributed by atoms with Crippen LogP contribution in [0.25, 0.3) is 0 Å². The van der Waals surface area contributed by atoms with Crippen LogP contribution < -0.4 is 10.6 Å². The minimum absolute atomic E-state index is 0.237. The summed E-state index contributed by atoms with van der Waals surface area (Å²) in [6.45, 7) is 0. The zero-order chi connectivity index (χ0) is 20.7. The molecule has 0 heterocycles. The van der Waals surface area contributed by atoms with E-state index in [0.29, 0.717) is 11.3 Å². The second-order valence-corrected chi connectivity index (χ2v) is 6.76. The van der Waals surface area contributed by atoms with Crippen molar-refractivity contribution in [1.82, 2.24) is 0 Å². The summed E-state index contributed by atoms with van der Waals surface area (Å²) in [6.07, 6.45) is 1.19. The van der Waals surface area contributed by atoms with E-state index in [1.807, 2.05) is 0 Å². The number of carbonyl (C=O) groups excluding carboxylic acids is 2. The van der Waals surface area contributed by atoms with Crippen molar-refractivity contribution < 1.29 is 27.3 Å². The topological polar surface area (TPSA) is 146 Å². The molecule has 0 aliphatic carbocycles. The van der Waals surface area contributed by atoms with Gasteiger partial charge in [0.25, 0.3) is 16.0 Å². The number of benzene rings is 2. The Labute approximate surface area is 161 Å². The number of methoxy groups -OCH3 is 1. The van der Waals surface area contributed by atoms with E-state index < -0.39 is 22.0 Å². The van der Waals surface area contributed by atoms with Gasteiger partial charge in [-0.2, -0.15) is 13.7 Å². The van der Waals surface area contributed by atoms with Gasteiger partial charge < -0.3 is 15.4 Å². The van der Waals surface area contributed by atoms with Gasteiger partial charge in [0.1, 0.15) is 11.6 Å². The highest BCUT2D eigenvalue weighted by atomic mass is 32.2. The van der Waals surface area contributed by atoms with E-state index in [1.165, 1.54) is 37.6 Å². The maximum atomic E-state index is 12.2. The van der Waals surface area contributed by atoms with Gasteiger partial charge >= 0.3 is 5.97 Å². The van der Waals surface area contributed by atoms with Crippen LogP contribution in [0, 0.1) is 11.3 Å². The first-order chi connectivity index (χ1) is 13.2. The summed E-state index contributed by atoms with van der Waals surface area (Å²) in [4.78, 5) is 23.2. The van der Waals surface area contributed by atoms with Crippen molar-refractivity contribution in [1.29, 1.82) is 5.26 Å². The van der Waals surface area contributed by atoms with E-state index in [4.69, 9.17) is 9.81 Å². The lowest BCUT2D eigenvalue weighted by Crippen LogP contribution is -2.14. The summed E-state index contributed by atoms with van der Waals surface area (Å²) >= 11 is 0. The van der Waals surface area contributed by atoms with E-state index in [1.54, 1.807) is 18.2 Å². The molecule has 0 aromatic heterocycles. The fraction of sp³-hybridized carbons (Fsp3) is 0.0556. The molecule has 0 fully saturated rings. The molecule has 2 aromatic rings. The summed E-state index contributed by atoms with van der Waals surface area (Å²) in [7, 11) is -3.06. The molecular formula is C18H15N3O6S. The predicted octanol–water partition coefficient (Wildman–Crippen LogP) is 2.18. The Morgan fingerprint density at radius 3 is 2.14 bits per heavy atom. The van der Waals surface area contributed by atoms with Crippen molar-refractivity contribution in [2.75, 3.05) is 17.7 Å². The monoisotopic (exact) mass is 401 g/mol. The normalized spacial score (nSPS) is 11.2. The second kappa shape index (κ2) is 8.81. The number of nitrogens with zero attached hydrogens (tertiary/aromatic N) is 1. The lowest BCUT2D eigenvalue weighted by Gasteiger charge is -2.06. The van der Waals surface area contributed by atoms with Gasteiger partial charge in [-0.1, -0.05) is 0 Å². The number of anilines is 2. The highest BCUT2D eigenvalue weighted by Crippen LogP contribution is 2.15. The van der Waals surface area contributed by atoms with Crippen molar-refractivity contribution in [2.45, 2.75) is 4.90 Å². The van der Waals surface area contributed by atoms with E-state index in [9.17, 15) is 18.0 Å². The van der Waals surface area contributed by atoms with Gasteiger partial charge in [-0.25, -0.2) is 4.79 Å². The number of rotatable bonds is 6. The minimum atomic E-state index is -4.33. The Kier molecular flexibility index (Phi) is 6.49. The molecule has 0 unspecified atom stereocenters. The second-order valence-electron chi connectivity index (χ2n) is 5.34. The summed E-state index contributed by atoms with van der Waals surface area (Å²) in [6, 6.07) is 12.7. The lowest BCUT2D eigenvalue weighted by molar-refractivity contribution is -0.112. The molecule has 0 radical (unpaired) electrons. The number of esters is 1. The van der Waals surface area contributed by atoms with Gasteiger partial charge in [0.2, 0.25) is 0 Å². The lowest BCUT2D eigenvalue weighted by atomic mass is 10.2. The number of ether oxygens (including phenoxy) is 1. The summed E-state index contributed by atoms with van der Waals surface area (Å²) in [5, 5.41) is 14.4. The zero-order valence-corrected chi connectivity index (χ0v) is 15.4. The molecule has 0 bridgehead atoms. The highest BCUT2D eigenvalue weighted by Gasteiger charge is 2.12. The molecule has 0 spiro atoms.